The summed E-state index contributed by atoms with van der Waals surface area (Å²) in [4.78, 5) is 2.26. The van der Waals surface area contributed by atoms with Crippen molar-refractivity contribution in [3.05, 3.63) is 132 Å². The van der Waals surface area contributed by atoms with E-state index in [9.17, 15) is 0 Å². The molecule has 35 heavy (non-hydrogen) atoms. The van der Waals surface area contributed by atoms with Crippen LogP contribution in [0.4, 0.5) is 11.4 Å². The molecular formula is C34H29N. The number of fused-ring (bicyclic) bond motifs is 1. The van der Waals surface area contributed by atoms with Crippen LogP contribution < -0.4 is 4.90 Å². The molecule has 1 heteroatoms. The van der Waals surface area contributed by atoms with Gasteiger partial charge in [0, 0.05) is 18.4 Å². The molecule has 170 valence electrons. The van der Waals surface area contributed by atoms with Gasteiger partial charge in [-0.1, -0.05) is 96.6 Å². The van der Waals surface area contributed by atoms with Crippen molar-refractivity contribution in [2.75, 3.05) is 11.9 Å². The van der Waals surface area contributed by atoms with Crippen LogP contribution in [0, 0.1) is 6.92 Å². The van der Waals surface area contributed by atoms with Gasteiger partial charge in [-0.05, 0) is 88.5 Å². The number of nitrogens with zero attached hydrogens (tertiary/aromatic N) is 1. The van der Waals surface area contributed by atoms with Crippen molar-refractivity contribution in [2.45, 2.75) is 19.8 Å². The number of hydrogen-bond acceptors (Lipinski definition) is 1. The molecule has 0 unspecified atom stereocenters. The van der Waals surface area contributed by atoms with E-state index in [1.807, 2.05) is 0 Å². The van der Waals surface area contributed by atoms with E-state index in [-0.39, 0.29) is 0 Å². The van der Waals surface area contributed by atoms with Gasteiger partial charge in [-0.2, -0.15) is 0 Å². The SMILES string of the molecule is Cc1ccc(-c2ccc(-c3ccc(N(C)c4cccc(-c5ccc6c(c5)CC6)c4)cc3)cc2)cc1. The Morgan fingerprint density at radius 1 is 0.457 bits per heavy atom. The highest BCUT2D eigenvalue weighted by Gasteiger charge is 2.14. The molecule has 0 N–H and O–H groups in total. The second-order valence-corrected chi connectivity index (χ2v) is 9.58. The first-order valence-corrected chi connectivity index (χ1v) is 12.4. The molecule has 1 nitrogen and oxygen atoms in total. The number of anilines is 2. The van der Waals surface area contributed by atoms with Crippen LogP contribution in [0.3, 0.4) is 0 Å². The number of hydrogen-bond donors (Lipinski definition) is 0. The quantitative estimate of drug-likeness (QED) is 0.258. The maximum Gasteiger partial charge on any atom is 0.0414 e. The summed E-state index contributed by atoms with van der Waals surface area (Å²) < 4.78 is 0. The molecule has 0 saturated carbocycles. The summed E-state index contributed by atoms with van der Waals surface area (Å²) in [6, 6.07) is 42.2. The molecule has 0 heterocycles. The number of benzene rings is 5. The topological polar surface area (TPSA) is 3.24 Å². The summed E-state index contributed by atoms with van der Waals surface area (Å²) in [5.41, 5.74) is 14.2. The maximum atomic E-state index is 2.36. The van der Waals surface area contributed by atoms with Gasteiger partial charge in [-0.15, -0.1) is 0 Å². The van der Waals surface area contributed by atoms with Crippen LogP contribution in [-0.4, -0.2) is 7.05 Å². The summed E-state index contributed by atoms with van der Waals surface area (Å²) in [6.07, 6.45) is 2.44. The van der Waals surface area contributed by atoms with Gasteiger partial charge in [-0.25, -0.2) is 0 Å². The van der Waals surface area contributed by atoms with Gasteiger partial charge in [0.05, 0.1) is 0 Å². The molecule has 0 saturated heterocycles. The summed E-state index contributed by atoms with van der Waals surface area (Å²) in [7, 11) is 2.14. The lowest BCUT2D eigenvalue weighted by atomic mass is 9.86. The zero-order valence-corrected chi connectivity index (χ0v) is 20.3. The third-order valence-corrected chi connectivity index (χ3v) is 7.29. The smallest absolute Gasteiger partial charge is 0.0414 e. The van der Waals surface area contributed by atoms with Gasteiger partial charge in [0.2, 0.25) is 0 Å². The standard InChI is InChI=1S/C34H29N/c1-24-6-8-25(9-7-24)26-10-12-27(13-11-26)28-18-20-33(21-19-28)35(2)34-5-3-4-30(23-34)32-17-15-29-14-16-31(29)22-32/h3-13,15,17-23H,14,16H2,1-2H3. The first-order valence-electron chi connectivity index (χ1n) is 12.4. The Kier molecular flexibility index (Phi) is 5.47. The Morgan fingerprint density at radius 2 is 0.971 bits per heavy atom. The maximum absolute atomic E-state index is 2.36. The van der Waals surface area contributed by atoms with Gasteiger partial charge in [0.25, 0.3) is 0 Å². The molecule has 6 rings (SSSR count). The Balaban J connectivity index is 1.21. The van der Waals surface area contributed by atoms with Gasteiger partial charge in [-0.3, -0.25) is 0 Å². The van der Waals surface area contributed by atoms with Crippen LogP contribution in [0.1, 0.15) is 16.7 Å². The van der Waals surface area contributed by atoms with Crippen molar-refractivity contribution in [3.63, 3.8) is 0 Å². The molecule has 0 bridgehead atoms. The van der Waals surface area contributed by atoms with Crippen LogP contribution in [0.2, 0.25) is 0 Å². The largest absolute Gasteiger partial charge is 0.345 e. The highest BCUT2D eigenvalue weighted by molar-refractivity contribution is 5.75. The van der Waals surface area contributed by atoms with Crippen molar-refractivity contribution in [3.8, 4) is 33.4 Å². The van der Waals surface area contributed by atoms with E-state index in [4.69, 9.17) is 0 Å². The second kappa shape index (κ2) is 8.92. The molecule has 1 aliphatic rings. The van der Waals surface area contributed by atoms with Gasteiger partial charge >= 0.3 is 0 Å². The highest BCUT2D eigenvalue weighted by Crippen LogP contribution is 2.33. The van der Waals surface area contributed by atoms with Crippen LogP contribution in [-0.2, 0) is 12.8 Å². The molecule has 1 aliphatic carbocycles. The van der Waals surface area contributed by atoms with Crippen molar-refractivity contribution < 1.29 is 0 Å². The lowest BCUT2D eigenvalue weighted by Gasteiger charge is -2.22. The normalized spacial score (nSPS) is 12.1. The predicted molar refractivity (Wildman–Crippen MR) is 149 cm³/mol. The summed E-state index contributed by atoms with van der Waals surface area (Å²) in [5.74, 6) is 0. The van der Waals surface area contributed by atoms with Gasteiger partial charge < -0.3 is 4.90 Å². The van der Waals surface area contributed by atoms with Crippen LogP contribution in [0.25, 0.3) is 33.4 Å². The van der Waals surface area contributed by atoms with E-state index < -0.39 is 0 Å². The average molecular weight is 452 g/mol. The van der Waals surface area contributed by atoms with Crippen LogP contribution >= 0.6 is 0 Å². The van der Waals surface area contributed by atoms with Gasteiger partial charge in [0.15, 0.2) is 0 Å². The van der Waals surface area contributed by atoms with Crippen molar-refractivity contribution in [1.29, 1.82) is 0 Å². The first kappa shape index (κ1) is 21.4. The Bertz CT molecular complexity index is 1480. The zero-order valence-electron chi connectivity index (χ0n) is 20.3. The molecule has 5 aromatic rings. The molecule has 5 aromatic carbocycles. The summed E-state index contributed by atoms with van der Waals surface area (Å²) in [5, 5.41) is 0. The fourth-order valence-corrected chi connectivity index (χ4v) is 4.90. The van der Waals surface area contributed by atoms with E-state index in [1.54, 1.807) is 0 Å². The minimum absolute atomic E-state index is 1.18. The minimum atomic E-state index is 1.18. The lowest BCUT2D eigenvalue weighted by Crippen LogP contribution is -2.09. The molecule has 0 aliphatic heterocycles. The van der Waals surface area contributed by atoms with Crippen molar-refractivity contribution >= 4 is 11.4 Å². The van der Waals surface area contributed by atoms with E-state index in [0.717, 1.165) is 0 Å². The number of aryl methyl sites for hydroxylation is 3. The van der Waals surface area contributed by atoms with Crippen molar-refractivity contribution in [2.24, 2.45) is 0 Å². The summed E-state index contributed by atoms with van der Waals surface area (Å²) in [6.45, 7) is 2.12. The lowest BCUT2D eigenvalue weighted by molar-refractivity contribution is 0.840. The Labute approximate surface area is 208 Å². The monoisotopic (exact) mass is 451 g/mol. The third kappa shape index (κ3) is 4.26. The minimum Gasteiger partial charge on any atom is -0.345 e. The first-order chi connectivity index (χ1) is 17.1. The zero-order chi connectivity index (χ0) is 23.8. The average Bonchev–Trinajstić information content (AvgIpc) is 2.90. The van der Waals surface area contributed by atoms with Crippen LogP contribution in [0.15, 0.2) is 115 Å². The molecular weight excluding hydrogens is 422 g/mol. The van der Waals surface area contributed by atoms with Crippen LogP contribution in [0.5, 0.6) is 0 Å². The molecule has 0 spiro atoms. The molecule has 0 fully saturated rings. The van der Waals surface area contributed by atoms with E-state index >= 15 is 0 Å². The fourth-order valence-electron chi connectivity index (χ4n) is 4.90. The predicted octanol–water partition coefficient (Wildman–Crippen LogP) is 8.86. The molecule has 0 aromatic heterocycles. The third-order valence-electron chi connectivity index (χ3n) is 7.29. The second-order valence-electron chi connectivity index (χ2n) is 9.58. The van der Waals surface area contributed by atoms with E-state index in [0.29, 0.717) is 0 Å². The Morgan fingerprint density at radius 3 is 1.54 bits per heavy atom. The number of rotatable bonds is 5. The van der Waals surface area contributed by atoms with E-state index in [1.165, 1.54) is 74.3 Å². The van der Waals surface area contributed by atoms with E-state index in [2.05, 4.69) is 134 Å². The van der Waals surface area contributed by atoms with Crippen molar-refractivity contribution in [1.82, 2.24) is 0 Å². The fraction of sp³-hybridized carbons (Fsp3) is 0.118. The highest BCUT2D eigenvalue weighted by atomic mass is 15.1. The van der Waals surface area contributed by atoms with Gasteiger partial charge in [0.1, 0.15) is 0 Å². The molecule has 0 atom stereocenters. The Hall–Kier alpha value is -4.10. The molecule has 0 radical (unpaired) electrons. The molecule has 0 amide bonds. The summed E-state index contributed by atoms with van der Waals surface area (Å²) >= 11 is 0.